The fourth-order valence-corrected chi connectivity index (χ4v) is 1.02. The van der Waals surface area contributed by atoms with E-state index in [0.29, 0.717) is 12.1 Å². The minimum atomic E-state index is -1.29. The first-order valence-electron chi connectivity index (χ1n) is 4.36. The number of Topliss-reactive ketones (excluding diaryl/α,β-unsaturated/α-hetero) is 1. The minimum absolute atomic E-state index is 0.0489. The van der Waals surface area contributed by atoms with E-state index in [-0.39, 0.29) is 6.61 Å². The Morgan fingerprint density at radius 2 is 1.94 bits per heavy atom. The first kappa shape index (κ1) is 12.1. The lowest BCUT2D eigenvalue weighted by Crippen LogP contribution is -2.19. The first-order valence-corrected chi connectivity index (χ1v) is 4.36. The summed E-state index contributed by atoms with van der Waals surface area (Å²) in [5.74, 6) is -5.87. The quantitative estimate of drug-likeness (QED) is 0.484. The van der Waals surface area contributed by atoms with E-state index < -0.39 is 34.7 Å². The van der Waals surface area contributed by atoms with E-state index in [1.807, 2.05) is 0 Å². The zero-order valence-electron chi connectivity index (χ0n) is 8.29. The summed E-state index contributed by atoms with van der Waals surface area (Å²) in [4.78, 5) is 22.2. The van der Waals surface area contributed by atoms with E-state index in [9.17, 15) is 18.4 Å². The molecule has 0 amide bonds. The molecule has 0 radical (unpaired) electrons. The molecule has 0 saturated heterocycles. The number of esters is 1. The second-order valence-electron chi connectivity index (χ2n) is 2.83. The summed E-state index contributed by atoms with van der Waals surface area (Å²) < 4.78 is 30.3. The molecule has 1 N–H and O–H groups in total. The molecular formula is C10H8F2O4. The van der Waals surface area contributed by atoms with Crippen molar-refractivity contribution in [2.24, 2.45) is 0 Å². The molecular weight excluding hydrogens is 222 g/mol. The topological polar surface area (TPSA) is 63.6 Å². The number of ether oxygens (including phenoxy) is 1. The van der Waals surface area contributed by atoms with Crippen molar-refractivity contribution in [3.05, 3.63) is 29.3 Å². The molecule has 0 fully saturated rings. The molecule has 0 aliphatic rings. The molecule has 0 aromatic heterocycles. The summed E-state index contributed by atoms with van der Waals surface area (Å²) in [5.41, 5.74) is -0.770. The Hall–Kier alpha value is -1.98. The maximum atomic E-state index is 13.1. The monoisotopic (exact) mass is 230 g/mol. The number of hydrogen-bond acceptors (Lipinski definition) is 4. The number of carbonyl (C=O) groups is 2. The number of aromatic hydroxyl groups is 1. The van der Waals surface area contributed by atoms with Gasteiger partial charge in [-0.25, -0.2) is 13.6 Å². The Morgan fingerprint density at radius 1 is 1.31 bits per heavy atom. The van der Waals surface area contributed by atoms with E-state index in [4.69, 9.17) is 5.11 Å². The molecule has 1 rings (SSSR count). The van der Waals surface area contributed by atoms with E-state index >= 15 is 0 Å². The van der Waals surface area contributed by atoms with Crippen molar-refractivity contribution in [3.63, 3.8) is 0 Å². The maximum Gasteiger partial charge on any atom is 0.379 e. The molecule has 1 aromatic rings. The summed E-state index contributed by atoms with van der Waals surface area (Å²) in [7, 11) is 0. The highest BCUT2D eigenvalue weighted by molar-refractivity contribution is 6.40. The van der Waals surface area contributed by atoms with Crippen LogP contribution < -0.4 is 0 Å². The highest BCUT2D eigenvalue weighted by Crippen LogP contribution is 2.20. The van der Waals surface area contributed by atoms with Crippen molar-refractivity contribution in [2.45, 2.75) is 6.92 Å². The smallest absolute Gasteiger partial charge is 0.379 e. The molecule has 0 atom stereocenters. The predicted octanol–water partition coefficient (Wildman–Crippen LogP) is 1.42. The molecule has 86 valence electrons. The van der Waals surface area contributed by atoms with Gasteiger partial charge in [0.1, 0.15) is 5.82 Å². The molecule has 0 spiro atoms. The number of phenolic OH excluding ortho intramolecular Hbond substituents is 1. The van der Waals surface area contributed by atoms with Crippen LogP contribution in [0.2, 0.25) is 0 Å². The fourth-order valence-electron chi connectivity index (χ4n) is 1.02. The molecule has 4 nitrogen and oxygen atoms in total. The minimum Gasteiger partial charge on any atom is -0.505 e. The Labute approximate surface area is 89.5 Å². The van der Waals surface area contributed by atoms with E-state index in [1.165, 1.54) is 6.92 Å². The average Bonchev–Trinajstić information content (AvgIpc) is 2.23. The highest BCUT2D eigenvalue weighted by atomic mass is 19.1. The van der Waals surface area contributed by atoms with Gasteiger partial charge < -0.3 is 9.84 Å². The zero-order valence-corrected chi connectivity index (χ0v) is 8.29. The van der Waals surface area contributed by atoms with Crippen molar-refractivity contribution in [2.75, 3.05) is 6.61 Å². The Morgan fingerprint density at radius 3 is 2.50 bits per heavy atom. The number of rotatable bonds is 3. The number of ketones is 1. The lowest BCUT2D eigenvalue weighted by molar-refractivity contribution is -0.137. The van der Waals surface area contributed by atoms with Gasteiger partial charge in [-0.2, -0.15) is 0 Å². The van der Waals surface area contributed by atoms with Crippen LogP contribution in [0.15, 0.2) is 12.1 Å². The van der Waals surface area contributed by atoms with E-state index in [2.05, 4.69) is 4.74 Å². The van der Waals surface area contributed by atoms with Gasteiger partial charge in [0, 0.05) is 6.07 Å². The van der Waals surface area contributed by atoms with Gasteiger partial charge in [-0.15, -0.1) is 0 Å². The van der Waals surface area contributed by atoms with Crippen molar-refractivity contribution in [1.29, 1.82) is 0 Å². The molecule has 0 aliphatic carbocycles. The van der Waals surface area contributed by atoms with Gasteiger partial charge in [0.2, 0.25) is 0 Å². The summed E-state index contributed by atoms with van der Waals surface area (Å²) in [6.07, 6.45) is 0. The third-order valence-electron chi connectivity index (χ3n) is 1.74. The van der Waals surface area contributed by atoms with Crippen molar-refractivity contribution >= 4 is 11.8 Å². The third-order valence-corrected chi connectivity index (χ3v) is 1.74. The maximum absolute atomic E-state index is 13.1. The molecule has 0 unspecified atom stereocenters. The molecule has 0 aliphatic heterocycles. The summed E-state index contributed by atoms with van der Waals surface area (Å²) in [6.45, 7) is 1.42. The second kappa shape index (κ2) is 4.69. The number of phenols is 1. The van der Waals surface area contributed by atoms with Crippen LogP contribution in [0, 0.1) is 11.6 Å². The second-order valence-corrected chi connectivity index (χ2v) is 2.83. The van der Waals surface area contributed by atoms with Gasteiger partial charge in [0.05, 0.1) is 12.2 Å². The summed E-state index contributed by atoms with van der Waals surface area (Å²) in [5, 5.41) is 8.81. The van der Waals surface area contributed by atoms with Crippen LogP contribution in [-0.4, -0.2) is 23.5 Å². The lowest BCUT2D eigenvalue weighted by Gasteiger charge is -2.03. The average molecular weight is 230 g/mol. The van der Waals surface area contributed by atoms with Gasteiger partial charge in [0.15, 0.2) is 11.6 Å². The number of benzene rings is 1. The molecule has 16 heavy (non-hydrogen) atoms. The SMILES string of the molecule is CCOC(=O)C(=O)c1cc(F)c(O)cc1F. The van der Waals surface area contributed by atoms with Crippen LogP contribution in [0.4, 0.5) is 8.78 Å². The van der Waals surface area contributed by atoms with Crippen LogP contribution in [0.5, 0.6) is 5.75 Å². The van der Waals surface area contributed by atoms with Gasteiger partial charge in [-0.3, -0.25) is 4.79 Å². The lowest BCUT2D eigenvalue weighted by atomic mass is 10.1. The molecule has 1 aromatic carbocycles. The van der Waals surface area contributed by atoms with E-state index in [1.54, 1.807) is 0 Å². The Bertz CT molecular complexity index is 443. The summed E-state index contributed by atoms with van der Waals surface area (Å²) in [6, 6.07) is 0.867. The van der Waals surface area contributed by atoms with Crippen LogP contribution in [0.25, 0.3) is 0 Å². The van der Waals surface area contributed by atoms with Crippen LogP contribution in [0.1, 0.15) is 17.3 Å². The zero-order chi connectivity index (χ0) is 12.3. The standard InChI is InChI=1S/C10H8F2O4/c1-2-16-10(15)9(14)5-3-7(12)8(13)4-6(5)11/h3-4,13H,2H2,1H3. The normalized spacial score (nSPS) is 9.94. The highest BCUT2D eigenvalue weighted by Gasteiger charge is 2.23. The largest absolute Gasteiger partial charge is 0.505 e. The number of halogens is 2. The summed E-state index contributed by atoms with van der Waals surface area (Å²) >= 11 is 0. The molecule has 0 saturated carbocycles. The number of carbonyl (C=O) groups excluding carboxylic acids is 2. The molecule has 0 heterocycles. The van der Waals surface area contributed by atoms with Crippen molar-refractivity contribution < 1.29 is 28.2 Å². The fraction of sp³-hybridized carbons (Fsp3) is 0.200. The van der Waals surface area contributed by atoms with Gasteiger partial charge in [-0.1, -0.05) is 0 Å². The predicted molar refractivity (Wildman–Crippen MR) is 49.0 cm³/mol. The molecule has 6 heteroatoms. The van der Waals surface area contributed by atoms with Crippen LogP contribution in [-0.2, 0) is 9.53 Å². The van der Waals surface area contributed by atoms with Gasteiger partial charge in [0.25, 0.3) is 5.78 Å². The van der Waals surface area contributed by atoms with Crippen molar-refractivity contribution in [3.8, 4) is 5.75 Å². The first-order chi connectivity index (χ1) is 7.47. The van der Waals surface area contributed by atoms with Crippen molar-refractivity contribution in [1.82, 2.24) is 0 Å². The Kier molecular flexibility index (Phi) is 3.55. The van der Waals surface area contributed by atoms with Gasteiger partial charge >= 0.3 is 5.97 Å². The molecule has 0 bridgehead atoms. The Balaban J connectivity index is 3.09. The third kappa shape index (κ3) is 2.33. The van der Waals surface area contributed by atoms with Gasteiger partial charge in [-0.05, 0) is 13.0 Å². The van der Waals surface area contributed by atoms with Crippen LogP contribution >= 0.6 is 0 Å². The number of hydrogen-bond donors (Lipinski definition) is 1. The van der Waals surface area contributed by atoms with E-state index in [0.717, 1.165) is 0 Å². The van der Waals surface area contributed by atoms with Crippen LogP contribution in [0.3, 0.4) is 0 Å².